The van der Waals surface area contributed by atoms with Crippen molar-refractivity contribution in [3.63, 3.8) is 0 Å². The van der Waals surface area contributed by atoms with Gasteiger partial charge in [0.05, 0.1) is 6.04 Å². The molecule has 0 fully saturated rings. The highest BCUT2D eigenvalue weighted by molar-refractivity contribution is 9.10. The number of hydrogen-bond acceptors (Lipinski definition) is 1. The van der Waals surface area contributed by atoms with Gasteiger partial charge in [-0.1, -0.05) is 39.7 Å². The Labute approximate surface area is 136 Å². The number of halogens is 1. The summed E-state index contributed by atoms with van der Waals surface area (Å²) < 4.78 is 1.16. The van der Waals surface area contributed by atoms with Crippen molar-refractivity contribution in [1.82, 2.24) is 5.32 Å². The number of benzene rings is 2. The van der Waals surface area contributed by atoms with E-state index in [0.717, 1.165) is 4.47 Å². The topological polar surface area (TPSA) is 12.0 Å². The number of aryl methyl sites for hydroxylation is 3. The number of rotatable bonds is 3. The molecule has 0 saturated heterocycles. The molecule has 2 rings (SSSR count). The third kappa shape index (κ3) is 3.07. The van der Waals surface area contributed by atoms with Gasteiger partial charge in [-0.05, 0) is 81.1 Å². The Morgan fingerprint density at radius 2 is 1.48 bits per heavy atom. The molecule has 0 aromatic heterocycles. The van der Waals surface area contributed by atoms with Gasteiger partial charge in [0, 0.05) is 4.47 Å². The monoisotopic (exact) mass is 345 g/mol. The van der Waals surface area contributed by atoms with E-state index in [-0.39, 0.29) is 6.04 Å². The molecule has 0 saturated carbocycles. The molecule has 0 heterocycles. The summed E-state index contributed by atoms with van der Waals surface area (Å²) in [6.45, 7) is 11.0. The maximum absolute atomic E-state index is 3.72. The highest BCUT2D eigenvalue weighted by Crippen LogP contribution is 2.34. The summed E-state index contributed by atoms with van der Waals surface area (Å²) in [5.41, 5.74) is 9.47. The van der Waals surface area contributed by atoms with Crippen LogP contribution in [-0.2, 0) is 0 Å². The zero-order valence-electron chi connectivity index (χ0n) is 13.8. The van der Waals surface area contributed by atoms with Crippen LogP contribution in [0.2, 0.25) is 0 Å². The van der Waals surface area contributed by atoms with Gasteiger partial charge in [0.15, 0.2) is 0 Å². The fraction of sp³-hybridized carbons (Fsp3) is 0.368. The lowest BCUT2D eigenvalue weighted by Gasteiger charge is -2.25. The average molecular weight is 346 g/mol. The maximum atomic E-state index is 3.72. The van der Waals surface area contributed by atoms with Crippen LogP contribution < -0.4 is 5.32 Å². The average Bonchev–Trinajstić information content (AvgIpc) is 2.44. The van der Waals surface area contributed by atoms with E-state index in [1.807, 2.05) is 7.05 Å². The van der Waals surface area contributed by atoms with Gasteiger partial charge in [-0.15, -0.1) is 0 Å². The molecule has 1 atom stereocenters. The first-order valence-electron chi connectivity index (χ1n) is 7.37. The molecule has 1 unspecified atom stereocenters. The predicted molar refractivity (Wildman–Crippen MR) is 95.2 cm³/mol. The smallest absolute Gasteiger partial charge is 0.0590 e. The molecule has 0 aliphatic carbocycles. The second-order valence-corrected chi connectivity index (χ2v) is 6.78. The summed E-state index contributed by atoms with van der Waals surface area (Å²) in [6.07, 6.45) is 0. The third-order valence-electron chi connectivity index (χ3n) is 4.46. The van der Waals surface area contributed by atoms with Gasteiger partial charge < -0.3 is 5.32 Å². The Balaban J connectivity index is 2.70. The molecule has 0 aliphatic heterocycles. The summed E-state index contributed by atoms with van der Waals surface area (Å²) in [5.74, 6) is 0. The molecule has 0 amide bonds. The largest absolute Gasteiger partial charge is 0.309 e. The van der Waals surface area contributed by atoms with Crippen LogP contribution in [0.4, 0.5) is 0 Å². The zero-order chi connectivity index (χ0) is 15.7. The second kappa shape index (κ2) is 6.33. The van der Waals surface area contributed by atoms with Gasteiger partial charge in [0.25, 0.3) is 0 Å². The van der Waals surface area contributed by atoms with Gasteiger partial charge >= 0.3 is 0 Å². The first kappa shape index (κ1) is 16.3. The van der Waals surface area contributed by atoms with E-state index in [9.17, 15) is 0 Å². The lowest BCUT2D eigenvalue weighted by Crippen LogP contribution is -2.21. The molecule has 1 N–H and O–H groups in total. The van der Waals surface area contributed by atoms with Crippen LogP contribution in [0, 0.1) is 34.6 Å². The quantitative estimate of drug-likeness (QED) is 0.795. The van der Waals surface area contributed by atoms with Crippen molar-refractivity contribution in [3.8, 4) is 0 Å². The van der Waals surface area contributed by atoms with Crippen molar-refractivity contribution in [2.45, 2.75) is 40.7 Å². The molecule has 1 nitrogen and oxygen atoms in total. The highest BCUT2D eigenvalue weighted by Gasteiger charge is 2.21. The molecule has 0 bridgehead atoms. The lowest BCUT2D eigenvalue weighted by atomic mass is 9.86. The Morgan fingerprint density at radius 1 is 0.905 bits per heavy atom. The van der Waals surface area contributed by atoms with Crippen molar-refractivity contribution in [2.75, 3.05) is 7.05 Å². The van der Waals surface area contributed by atoms with Crippen LogP contribution in [0.15, 0.2) is 28.7 Å². The Hall–Kier alpha value is -1.12. The fourth-order valence-corrected chi connectivity index (χ4v) is 3.50. The van der Waals surface area contributed by atoms with Gasteiger partial charge in [0.2, 0.25) is 0 Å². The van der Waals surface area contributed by atoms with E-state index in [0.29, 0.717) is 0 Å². The lowest BCUT2D eigenvalue weighted by molar-refractivity contribution is 0.678. The van der Waals surface area contributed by atoms with Gasteiger partial charge in [-0.25, -0.2) is 0 Å². The Morgan fingerprint density at radius 3 is 2.00 bits per heavy atom. The van der Waals surface area contributed by atoms with E-state index in [4.69, 9.17) is 0 Å². The summed E-state index contributed by atoms with van der Waals surface area (Å²) >= 11 is 3.72. The second-order valence-electron chi connectivity index (χ2n) is 5.92. The van der Waals surface area contributed by atoms with Gasteiger partial charge in [-0.3, -0.25) is 0 Å². The van der Waals surface area contributed by atoms with E-state index in [2.05, 4.69) is 80.1 Å². The molecule has 2 aromatic carbocycles. The maximum Gasteiger partial charge on any atom is 0.0590 e. The molecule has 0 radical (unpaired) electrons. The summed E-state index contributed by atoms with van der Waals surface area (Å²) in [6, 6.07) is 9.04. The van der Waals surface area contributed by atoms with Crippen LogP contribution in [-0.4, -0.2) is 7.05 Å². The summed E-state index contributed by atoms with van der Waals surface area (Å²) in [4.78, 5) is 0. The van der Waals surface area contributed by atoms with E-state index in [1.54, 1.807) is 0 Å². The van der Waals surface area contributed by atoms with E-state index in [1.165, 1.54) is 38.9 Å². The Bertz CT molecular complexity index is 648. The molecular formula is C19H24BrN. The normalized spacial score (nSPS) is 12.5. The first-order chi connectivity index (χ1) is 9.86. The summed E-state index contributed by atoms with van der Waals surface area (Å²) in [7, 11) is 2.04. The SMILES string of the molecule is CNC(c1cc(C)ccc1Br)c1c(C)c(C)cc(C)c1C. The van der Waals surface area contributed by atoms with Gasteiger partial charge in [-0.2, -0.15) is 0 Å². The fourth-order valence-electron chi connectivity index (χ4n) is 3.02. The van der Waals surface area contributed by atoms with Crippen molar-refractivity contribution >= 4 is 15.9 Å². The van der Waals surface area contributed by atoms with Crippen LogP contribution >= 0.6 is 15.9 Å². The Kier molecular flexibility index (Phi) is 4.90. The van der Waals surface area contributed by atoms with Crippen LogP contribution in [0.3, 0.4) is 0 Å². The van der Waals surface area contributed by atoms with E-state index >= 15 is 0 Å². The molecule has 0 spiro atoms. The highest BCUT2D eigenvalue weighted by atomic mass is 79.9. The van der Waals surface area contributed by atoms with Crippen molar-refractivity contribution in [2.24, 2.45) is 0 Å². The molecule has 2 heteroatoms. The van der Waals surface area contributed by atoms with Crippen LogP contribution in [0.1, 0.15) is 45.0 Å². The van der Waals surface area contributed by atoms with Crippen LogP contribution in [0.25, 0.3) is 0 Å². The van der Waals surface area contributed by atoms with Crippen molar-refractivity contribution < 1.29 is 0 Å². The van der Waals surface area contributed by atoms with Gasteiger partial charge in [0.1, 0.15) is 0 Å². The minimum Gasteiger partial charge on any atom is -0.309 e. The van der Waals surface area contributed by atoms with E-state index < -0.39 is 0 Å². The first-order valence-corrected chi connectivity index (χ1v) is 8.16. The minimum absolute atomic E-state index is 0.206. The third-order valence-corrected chi connectivity index (χ3v) is 5.19. The molecule has 112 valence electrons. The standard InChI is InChI=1S/C19H24BrN/c1-11-7-8-17(20)16(9-11)19(21-6)18-14(4)12(2)10-13(3)15(18)5/h7-10,19,21H,1-6H3. The van der Waals surface area contributed by atoms with Crippen molar-refractivity contribution in [3.05, 3.63) is 67.7 Å². The predicted octanol–water partition coefficient (Wildman–Crippen LogP) is 5.30. The molecule has 0 aliphatic rings. The van der Waals surface area contributed by atoms with Crippen molar-refractivity contribution in [1.29, 1.82) is 0 Å². The summed E-state index contributed by atoms with van der Waals surface area (Å²) in [5, 5.41) is 3.51. The van der Waals surface area contributed by atoms with Crippen LogP contribution in [0.5, 0.6) is 0 Å². The number of hydrogen-bond donors (Lipinski definition) is 1. The number of nitrogens with one attached hydrogen (secondary N) is 1. The molecule has 21 heavy (non-hydrogen) atoms. The minimum atomic E-state index is 0.206. The molecular weight excluding hydrogens is 322 g/mol. The molecule has 2 aromatic rings. The zero-order valence-corrected chi connectivity index (χ0v) is 15.4.